The molecule has 2 unspecified atom stereocenters. The van der Waals surface area contributed by atoms with Gasteiger partial charge in [-0.3, -0.25) is 0 Å². The first-order valence-electron chi connectivity index (χ1n) is 10.8. The number of nitrogens with zero attached hydrogens (tertiary/aromatic N) is 1. The maximum Gasteiger partial charge on any atom is 0.213 e. The molecule has 0 bridgehead atoms. The van der Waals surface area contributed by atoms with Crippen LogP contribution in [-0.2, 0) is 15.9 Å². The topological polar surface area (TPSA) is 40.6 Å². The van der Waals surface area contributed by atoms with E-state index in [9.17, 15) is 0 Å². The second-order valence-corrected chi connectivity index (χ2v) is 6.19. The molecule has 4 heteroatoms. The predicted octanol–water partition coefficient (Wildman–Crippen LogP) is 6.18. The zero-order valence-corrected chi connectivity index (χ0v) is 19.5. The summed E-state index contributed by atoms with van der Waals surface area (Å²) in [7, 11) is 3.51. The van der Waals surface area contributed by atoms with Crippen LogP contribution in [0, 0.1) is 11.8 Å². The van der Waals surface area contributed by atoms with Crippen molar-refractivity contribution in [3.63, 3.8) is 0 Å². The maximum atomic E-state index is 5.82. The third-order valence-corrected chi connectivity index (χ3v) is 4.43. The lowest BCUT2D eigenvalue weighted by Gasteiger charge is -2.33. The van der Waals surface area contributed by atoms with Crippen LogP contribution in [0.1, 0.15) is 73.8 Å². The summed E-state index contributed by atoms with van der Waals surface area (Å²) in [6, 6.07) is 4.09. The van der Waals surface area contributed by atoms with E-state index >= 15 is 0 Å². The Bertz CT molecular complexity index is 416. The van der Waals surface area contributed by atoms with Crippen LogP contribution < -0.4 is 4.74 Å². The van der Waals surface area contributed by atoms with E-state index in [4.69, 9.17) is 14.2 Å². The van der Waals surface area contributed by atoms with E-state index in [0.717, 1.165) is 31.7 Å². The van der Waals surface area contributed by atoms with E-state index in [0.29, 0.717) is 17.9 Å². The molecule has 1 aromatic rings. The summed E-state index contributed by atoms with van der Waals surface area (Å²) in [5.41, 5.74) is 1.25. The van der Waals surface area contributed by atoms with E-state index < -0.39 is 0 Å². The average Bonchev–Trinajstić information content (AvgIpc) is 2.70. The number of rotatable bonds is 8. The maximum absolute atomic E-state index is 5.82. The van der Waals surface area contributed by atoms with Crippen molar-refractivity contribution in [2.75, 3.05) is 20.8 Å². The SMILES string of the molecule is CC.CC.CC.COCC(C)C(C)Cc1ccc(OC2CC(OC)C2)nc1. The van der Waals surface area contributed by atoms with Gasteiger partial charge in [-0.25, -0.2) is 4.98 Å². The molecule has 0 N–H and O–H groups in total. The fraction of sp³-hybridized carbons (Fsp3) is 0.783. The van der Waals surface area contributed by atoms with Crippen LogP contribution in [0.4, 0.5) is 0 Å². The van der Waals surface area contributed by atoms with Crippen molar-refractivity contribution in [1.29, 1.82) is 0 Å². The van der Waals surface area contributed by atoms with Crippen molar-refractivity contribution in [2.45, 2.75) is 86.9 Å². The monoisotopic (exact) mass is 383 g/mol. The van der Waals surface area contributed by atoms with E-state index in [1.807, 2.05) is 53.8 Å². The Kier molecular flexibility index (Phi) is 19.0. The first-order valence-corrected chi connectivity index (χ1v) is 10.8. The van der Waals surface area contributed by atoms with E-state index in [1.54, 1.807) is 14.2 Å². The van der Waals surface area contributed by atoms with Crippen molar-refractivity contribution in [3.8, 4) is 5.88 Å². The number of pyridine rings is 1. The van der Waals surface area contributed by atoms with Gasteiger partial charge >= 0.3 is 0 Å². The van der Waals surface area contributed by atoms with Gasteiger partial charge in [-0.15, -0.1) is 0 Å². The molecule has 1 fully saturated rings. The second-order valence-electron chi connectivity index (χ2n) is 6.19. The molecule has 1 aromatic heterocycles. The zero-order chi connectivity index (χ0) is 21.2. The van der Waals surface area contributed by atoms with Gasteiger partial charge in [0.15, 0.2) is 0 Å². The molecule has 160 valence electrons. The summed E-state index contributed by atoms with van der Waals surface area (Å²) in [5, 5.41) is 0. The molecule has 0 amide bonds. The van der Waals surface area contributed by atoms with Crippen molar-refractivity contribution in [2.24, 2.45) is 11.8 Å². The van der Waals surface area contributed by atoms with Gasteiger partial charge in [0.25, 0.3) is 0 Å². The van der Waals surface area contributed by atoms with Crippen LogP contribution in [0.25, 0.3) is 0 Å². The van der Waals surface area contributed by atoms with Crippen molar-refractivity contribution in [1.82, 2.24) is 4.98 Å². The third kappa shape index (κ3) is 11.3. The van der Waals surface area contributed by atoms with Crippen LogP contribution in [0.2, 0.25) is 0 Å². The molecular weight excluding hydrogens is 338 g/mol. The smallest absolute Gasteiger partial charge is 0.213 e. The highest BCUT2D eigenvalue weighted by Gasteiger charge is 2.30. The summed E-state index contributed by atoms with van der Waals surface area (Å²) < 4.78 is 16.3. The molecule has 4 nitrogen and oxygen atoms in total. The molecule has 27 heavy (non-hydrogen) atoms. The molecule has 2 atom stereocenters. The van der Waals surface area contributed by atoms with E-state index in [2.05, 4.69) is 24.9 Å². The first-order chi connectivity index (χ1) is 13.1. The van der Waals surface area contributed by atoms with Gasteiger partial charge in [0.2, 0.25) is 5.88 Å². The molecule has 1 aliphatic rings. The second kappa shape index (κ2) is 18.2. The van der Waals surface area contributed by atoms with Gasteiger partial charge in [-0.05, 0) is 23.8 Å². The molecular formula is C23H45NO3. The Labute approximate surface area is 169 Å². The number of aromatic nitrogens is 1. The Hall–Kier alpha value is -1.13. The molecule has 1 saturated carbocycles. The minimum Gasteiger partial charge on any atom is -0.474 e. The largest absolute Gasteiger partial charge is 0.474 e. The zero-order valence-electron chi connectivity index (χ0n) is 19.5. The third-order valence-electron chi connectivity index (χ3n) is 4.43. The summed E-state index contributed by atoms with van der Waals surface area (Å²) in [4.78, 5) is 4.42. The molecule has 0 saturated heterocycles. The van der Waals surface area contributed by atoms with Crippen LogP contribution in [0.3, 0.4) is 0 Å². The standard InChI is InChI=1S/C17H27NO3.3C2H6/c1-12(13(2)11-19-3)7-14-5-6-17(18-10-14)21-16-8-15(9-16)20-4;3*1-2/h5-6,10,12-13,15-16H,7-9,11H2,1-4H3;3*1-2H3. The lowest BCUT2D eigenvalue weighted by molar-refractivity contribution is -0.0396. The van der Waals surface area contributed by atoms with Gasteiger partial charge in [-0.1, -0.05) is 61.5 Å². The van der Waals surface area contributed by atoms with Crippen LogP contribution >= 0.6 is 0 Å². The van der Waals surface area contributed by atoms with Crippen molar-refractivity contribution < 1.29 is 14.2 Å². The van der Waals surface area contributed by atoms with Crippen LogP contribution in [0.5, 0.6) is 5.88 Å². The number of hydrogen-bond donors (Lipinski definition) is 0. The first kappa shape index (κ1) is 28.1. The Morgan fingerprint density at radius 1 is 0.926 bits per heavy atom. The van der Waals surface area contributed by atoms with Gasteiger partial charge in [0.1, 0.15) is 6.10 Å². The number of methoxy groups -OCH3 is 2. The summed E-state index contributed by atoms with van der Waals surface area (Å²) in [6.07, 6.45) is 5.49. The Morgan fingerprint density at radius 2 is 1.52 bits per heavy atom. The van der Waals surface area contributed by atoms with Gasteiger partial charge < -0.3 is 14.2 Å². The molecule has 1 aliphatic carbocycles. The highest BCUT2D eigenvalue weighted by atomic mass is 16.5. The molecule has 0 aliphatic heterocycles. The molecule has 0 spiro atoms. The molecule has 0 radical (unpaired) electrons. The Balaban J connectivity index is 0. The summed E-state index contributed by atoms with van der Waals surface area (Å²) >= 11 is 0. The number of hydrogen-bond acceptors (Lipinski definition) is 4. The van der Waals surface area contributed by atoms with Crippen LogP contribution in [-0.4, -0.2) is 38.0 Å². The molecule has 1 heterocycles. The van der Waals surface area contributed by atoms with Gasteiger partial charge in [0.05, 0.1) is 6.10 Å². The van der Waals surface area contributed by atoms with E-state index in [1.165, 1.54) is 5.56 Å². The van der Waals surface area contributed by atoms with Crippen LogP contribution in [0.15, 0.2) is 18.3 Å². The Morgan fingerprint density at radius 3 is 1.96 bits per heavy atom. The fourth-order valence-electron chi connectivity index (χ4n) is 2.58. The average molecular weight is 384 g/mol. The predicted molar refractivity (Wildman–Crippen MR) is 117 cm³/mol. The number of ether oxygens (including phenoxy) is 3. The molecule has 0 aromatic carbocycles. The lowest BCUT2D eigenvalue weighted by Crippen LogP contribution is -2.38. The highest BCUT2D eigenvalue weighted by molar-refractivity contribution is 5.19. The highest BCUT2D eigenvalue weighted by Crippen LogP contribution is 2.27. The van der Waals surface area contributed by atoms with Crippen molar-refractivity contribution in [3.05, 3.63) is 23.9 Å². The minimum atomic E-state index is 0.258. The molecule has 2 rings (SSSR count). The normalized spacial score (nSPS) is 19.5. The van der Waals surface area contributed by atoms with E-state index in [-0.39, 0.29) is 6.10 Å². The summed E-state index contributed by atoms with van der Waals surface area (Å²) in [5.74, 6) is 1.84. The minimum absolute atomic E-state index is 0.258. The lowest BCUT2D eigenvalue weighted by atomic mass is 9.91. The fourth-order valence-corrected chi connectivity index (χ4v) is 2.58. The summed E-state index contributed by atoms with van der Waals surface area (Å²) in [6.45, 7) is 17.3. The van der Waals surface area contributed by atoms with Gasteiger partial charge in [0, 0.05) is 45.9 Å². The quantitative estimate of drug-likeness (QED) is 0.537. The van der Waals surface area contributed by atoms with Crippen molar-refractivity contribution >= 4 is 0 Å². The van der Waals surface area contributed by atoms with Gasteiger partial charge in [-0.2, -0.15) is 0 Å².